The van der Waals surface area contributed by atoms with Crippen LogP contribution in [0.2, 0.25) is 0 Å². The molecule has 0 spiro atoms. The SMILES string of the molecule is C[C@@H](C(=O)Nc1ccc(N(C)C)cc1)N1CCC(C(=O)Nc2ccccc2O)CC1. The molecule has 3 N–H and O–H groups in total. The van der Waals surface area contributed by atoms with Gasteiger partial charge in [-0.2, -0.15) is 0 Å². The zero-order chi connectivity index (χ0) is 21.7. The van der Waals surface area contributed by atoms with Gasteiger partial charge in [0.15, 0.2) is 0 Å². The molecule has 1 aliphatic heterocycles. The van der Waals surface area contributed by atoms with Gasteiger partial charge in [-0.05, 0) is 69.3 Å². The highest BCUT2D eigenvalue weighted by atomic mass is 16.3. The summed E-state index contributed by atoms with van der Waals surface area (Å²) in [4.78, 5) is 29.3. The molecule has 7 nitrogen and oxygen atoms in total. The molecule has 1 fully saturated rings. The molecule has 3 rings (SSSR count). The number of benzene rings is 2. The fourth-order valence-electron chi connectivity index (χ4n) is 3.62. The average molecular weight is 411 g/mol. The number of likely N-dealkylation sites (tertiary alicyclic amines) is 1. The topological polar surface area (TPSA) is 84.9 Å². The van der Waals surface area contributed by atoms with E-state index in [2.05, 4.69) is 15.5 Å². The van der Waals surface area contributed by atoms with Gasteiger partial charge >= 0.3 is 0 Å². The van der Waals surface area contributed by atoms with Crippen LogP contribution in [0.1, 0.15) is 19.8 Å². The van der Waals surface area contributed by atoms with Crippen molar-refractivity contribution in [3.63, 3.8) is 0 Å². The highest BCUT2D eigenvalue weighted by Gasteiger charge is 2.30. The first-order valence-electron chi connectivity index (χ1n) is 10.3. The van der Waals surface area contributed by atoms with Crippen molar-refractivity contribution >= 4 is 28.9 Å². The molecule has 1 aliphatic rings. The fourth-order valence-corrected chi connectivity index (χ4v) is 3.62. The summed E-state index contributed by atoms with van der Waals surface area (Å²) in [6.07, 6.45) is 1.35. The van der Waals surface area contributed by atoms with E-state index in [1.54, 1.807) is 24.3 Å². The van der Waals surface area contributed by atoms with Crippen LogP contribution in [0.25, 0.3) is 0 Å². The number of anilines is 3. The van der Waals surface area contributed by atoms with Gasteiger partial charge in [0, 0.05) is 31.4 Å². The van der Waals surface area contributed by atoms with Gasteiger partial charge < -0.3 is 20.6 Å². The Labute approximate surface area is 177 Å². The van der Waals surface area contributed by atoms with Crippen LogP contribution in [0.5, 0.6) is 5.75 Å². The molecule has 0 saturated carbocycles. The number of amides is 2. The first-order chi connectivity index (χ1) is 14.3. The molecule has 0 bridgehead atoms. The third kappa shape index (κ3) is 5.30. The molecule has 1 atom stereocenters. The van der Waals surface area contributed by atoms with Crippen LogP contribution in [-0.2, 0) is 9.59 Å². The second kappa shape index (κ2) is 9.63. The Bertz CT molecular complexity index is 874. The second-order valence-electron chi connectivity index (χ2n) is 7.92. The van der Waals surface area contributed by atoms with Crippen LogP contribution in [0.15, 0.2) is 48.5 Å². The smallest absolute Gasteiger partial charge is 0.241 e. The Kier molecular flexibility index (Phi) is 6.95. The molecular formula is C23H30N4O3. The first kappa shape index (κ1) is 21.6. The molecule has 160 valence electrons. The highest BCUT2D eigenvalue weighted by Crippen LogP contribution is 2.25. The third-order valence-corrected chi connectivity index (χ3v) is 5.64. The van der Waals surface area contributed by atoms with E-state index in [9.17, 15) is 14.7 Å². The molecule has 0 radical (unpaired) electrons. The van der Waals surface area contributed by atoms with E-state index in [0.29, 0.717) is 31.6 Å². The molecule has 2 amide bonds. The number of hydrogen-bond donors (Lipinski definition) is 3. The van der Waals surface area contributed by atoms with Crippen molar-refractivity contribution < 1.29 is 14.7 Å². The minimum atomic E-state index is -0.277. The summed E-state index contributed by atoms with van der Waals surface area (Å²) in [6, 6.07) is 14.2. The molecule has 0 aromatic heterocycles. The number of piperidine rings is 1. The van der Waals surface area contributed by atoms with Gasteiger partial charge in [-0.15, -0.1) is 0 Å². The Balaban J connectivity index is 1.49. The summed E-state index contributed by atoms with van der Waals surface area (Å²) in [7, 11) is 3.95. The lowest BCUT2D eigenvalue weighted by Gasteiger charge is -2.34. The summed E-state index contributed by atoms with van der Waals surface area (Å²) in [5.41, 5.74) is 2.28. The Morgan fingerprint density at radius 1 is 1.03 bits per heavy atom. The zero-order valence-corrected chi connectivity index (χ0v) is 17.8. The summed E-state index contributed by atoms with van der Waals surface area (Å²) in [6.45, 7) is 3.24. The Hall–Kier alpha value is -3.06. The quantitative estimate of drug-likeness (QED) is 0.637. The predicted octanol–water partition coefficient (Wildman–Crippen LogP) is 3.14. The molecule has 7 heteroatoms. The van der Waals surface area contributed by atoms with Crippen LogP contribution >= 0.6 is 0 Å². The fraction of sp³-hybridized carbons (Fsp3) is 0.391. The van der Waals surface area contributed by atoms with Gasteiger partial charge in [0.25, 0.3) is 0 Å². The molecular weight excluding hydrogens is 380 g/mol. The van der Waals surface area contributed by atoms with Gasteiger partial charge in [-0.1, -0.05) is 12.1 Å². The highest BCUT2D eigenvalue weighted by molar-refractivity contribution is 5.95. The number of phenols is 1. The maximum absolute atomic E-state index is 12.7. The number of nitrogens with one attached hydrogen (secondary N) is 2. The van der Waals surface area contributed by atoms with Gasteiger partial charge in [0.2, 0.25) is 11.8 Å². The molecule has 30 heavy (non-hydrogen) atoms. The van der Waals surface area contributed by atoms with Crippen LogP contribution in [0.3, 0.4) is 0 Å². The Morgan fingerprint density at radius 2 is 1.67 bits per heavy atom. The van der Waals surface area contributed by atoms with Crippen LogP contribution in [0, 0.1) is 5.92 Å². The van der Waals surface area contributed by atoms with E-state index < -0.39 is 0 Å². The summed E-state index contributed by atoms with van der Waals surface area (Å²) >= 11 is 0. The van der Waals surface area contributed by atoms with Crippen molar-refractivity contribution in [1.82, 2.24) is 4.90 Å². The summed E-state index contributed by atoms with van der Waals surface area (Å²) in [5, 5.41) is 15.6. The second-order valence-corrected chi connectivity index (χ2v) is 7.92. The van der Waals surface area contributed by atoms with Crippen molar-refractivity contribution in [2.75, 3.05) is 42.7 Å². The normalized spacial score (nSPS) is 16.0. The van der Waals surface area contributed by atoms with Gasteiger partial charge in [0.05, 0.1) is 11.7 Å². The number of carbonyl (C=O) groups excluding carboxylic acids is 2. The predicted molar refractivity (Wildman–Crippen MR) is 120 cm³/mol. The molecule has 2 aromatic carbocycles. The van der Waals surface area contributed by atoms with Gasteiger partial charge in [-0.3, -0.25) is 14.5 Å². The lowest BCUT2D eigenvalue weighted by molar-refractivity contribution is -0.123. The van der Waals surface area contributed by atoms with Gasteiger partial charge in [0.1, 0.15) is 5.75 Å². The minimum Gasteiger partial charge on any atom is -0.506 e. The van der Waals surface area contributed by atoms with Crippen LogP contribution in [0.4, 0.5) is 17.1 Å². The minimum absolute atomic E-state index is 0.0512. The number of nitrogens with zero attached hydrogens (tertiary/aromatic N) is 2. The molecule has 1 heterocycles. The summed E-state index contributed by atoms with van der Waals surface area (Å²) in [5.74, 6) is -0.208. The third-order valence-electron chi connectivity index (χ3n) is 5.64. The van der Waals surface area contributed by atoms with E-state index in [1.807, 2.05) is 50.2 Å². The van der Waals surface area contributed by atoms with E-state index in [1.165, 1.54) is 0 Å². The number of phenolic OH excluding ortho intramolecular Hbond substituents is 1. The maximum Gasteiger partial charge on any atom is 0.241 e. The van der Waals surface area contributed by atoms with E-state index >= 15 is 0 Å². The van der Waals surface area contributed by atoms with Crippen molar-refractivity contribution in [2.24, 2.45) is 5.92 Å². The van der Waals surface area contributed by atoms with Crippen LogP contribution < -0.4 is 15.5 Å². The number of aromatic hydroxyl groups is 1. The zero-order valence-electron chi connectivity index (χ0n) is 17.8. The number of para-hydroxylation sites is 2. The lowest BCUT2D eigenvalue weighted by Crippen LogP contribution is -2.47. The van der Waals surface area contributed by atoms with E-state index in [0.717, 1.165) is 11.4 Å². The van der Waals surface area contributed by atoms with Crippen molar-refractivity contribution in [2.45, 2.75) is 25.8 Å². The number of hydrogen-bond acceptors (Lipinski definition) is 5. The van der Waals surface area contributed by atoms with Gasteiger partial charge in [-0.25, -0.2) is 0 Å². The average Bonchev–Trinajstić information content (AvgIpc) is 2.75. The summed E-state index contributed by atoms with van der Waals surface area (Å²) < 4.78 is 0. The van der Waals surface area contributed by atoms with E-state index in [4.69, 9.17) is 0 Å². The number of rotatable bonds is 6. The largest absolute Gasteiger partial charge is 0.506 e. The van der Waals surface area contributed by atoms with Crippen molar-refractivity contribution in [3.8, 4) is 5.75 Å². The Morgan fingerprint density at radius 3 is 2.27 bits per heavy atom. The maximum atomic E-state index is 12.7. The van der Waals surface area contributed by atoms with E-state index in [-0.39, 0.29) is 29.5 Å². The molecule has 2 aromatic rings. The lowest BCUT2D eigenvalue weighted by atomic mass is 9.94. The van der Waals surface area contributed by atoms with Crippen molar-refractivity contribution in [1.29, 1.82) is 0 Å². The van der Waals surface area contributed by atoms with Crippen LogP contribution in [-0.4, -0.2) is 55.0 Å². The monoisotopic (exact) mass is 410 g/mol. The van der Waals surface area contributed by atoms with Crippen molar-refractivity contribution in [3.05, 3.63) is 48.5 Å². The molecule has 1 saturated heterocycles. The molecule has 0 aliphatic carbocycles. The molecule has 0 unspecified atom stereocenters. The number of carbonyl (C=O) groups is 2. The first-order valence-corrected chi connectivity index (χ1v) is 10.3. The standard InChI is InChI=1S/C23H30N4O3/c1-16(22(29)24-18-8-10-19(11-9-18)26(2)3)27-14-12-17(13-15-27)23(30)25-20-6-4-5-7-21(20)28/h4-11,16-17,28H,12-15H2,1-3H3,(H,24,29)(H,25,30)/t16-/m0/s1.